The molecule has 5 nitrogen and oxygen atoms in total. The van der Waals surface area contributed by atoms with Gasteiger partial charge in [0.1, 0.15) is 23.0 Å². The van der Waals surface area contributed by atoms with E-state index in [1.807, 2.05) is 60.8 Å². The number of nitriles is 1. The summed E-state index contributed by atoms with van der Waals surface area (Å²) in [6, 6.07) is 115. The van der Waals surface area contributed by atoms with E-state index in [9.17, 15) is 5.26 Å². The van der Waals surface area contributed by atoms with Crippen LogP contribution >= 0.6 is 0 Å². The second kappa shape index (κ2) is 22.3. The molecule has 0 saturated heterocycles. The van der Waals surface area contributed by atoms with Crippen LogP contribution in [0.25, 0.3) is 202 Å². The van der Waals surface area contributed by atoms with Gasteiger partial charge in [-0.25, -0.2) is 4.85 Å². The van der Waals surface area contributed by atoms with Crippen molar-refractivity contribution in [2.45, 2.75) is 0 Å². The Hall–Kier alpha value is -14.0. The van der Waals surface area contributed by atoms with Crippen molar-refractivity contribution in [3.8, 4) is 118 Å². The van der Waals surface area contributed by atoms with Crippen molar-refractivity contribution in [2.75, 3.05) is 0 Å². The van der Waals surface area contributed by atoms with Crippen molar-refractivity contribution in [3.63, 3.8) is 0 Å². The Labute approximate surface area is 586 Å². The van der Waals surface area contributed by atoms with Crippen LogP contribution < -0.4 is 9.47 Å². The number of fused-ring (bicyclic) bond motifs is 6. The zero-order valence-electron chi connectivity index (χ0n) is 54.8. The molecule has 0 atom stereocenters. The number of nitrogens with zero attached hydrogens (tertiary/aromatic N) is 3. The Morgan fingerprint density at radius 1 is 0.265 bits per heavy atom. The zero-order valence-corrected chi connectivity index (χ0v) is 54.8. The van der Waals surface area contributed by atoms with E-state index < -0.39 is 0 Å². The molecule has 19 aromatic carbocycles. The summed E-state index contributed by atoms with van der Waals surface area (Å²) in [7, 11) is 0. The first-order valence-corrected chi connectivity index (χ1v) is 34.4. The summed E-state index contributed by atoms with van der Waals surface area (Å²) < 4.78 is 12.7. The lowest BCUT2D eigenvalue weighted by atomic mass is 9.88. The van der Waals surface area contributed by atoms with Gasteiger partial charge in [-0.3, -0.25) is 4.98 Å². The first-order valence-electron chi connectivity index (χ1n) is 34.4. The topological polar surface area (TPSA) is 59.5 Å². The molecule has 0 spiro atoms. The van der Waals surface area contributed by atoms with Gasteiger partial charge < -0.3 is 9.47 Å². The minimum absolute atomic E-state index is 0.636. The molecule has 0 radical (unpaired) electrons. The van der Waals surface area contributed by atoms with Crippen LogP contribution in [0.1, 0.15) is 5.56 Å². The molecule has 5 heteroatoms. The van der Waals surface area contributed by atoms with E-state index in [0.717, 1.165) is 100 Å². The molecule has 0 fully saturated rings. The normalized spacial score (nSPS) is 12.1. The van der Waals surface area contributed by atoms with E-state index in [1.165, 1.54) is 120 Å². The lowest BCUT2D eigenvalue weighted by molar-refractivity contribution is 0.487. The number of pyridine rings is 1. The number of rotatable bonds is 6. The smallest absolute Gasteiger partial charge is 0.195 e. The number of hydrogen-bond donors (Lipinski definition) is 0. The first-order chi connectivity index (χ1) is 50.4. The van der Waals surface area contributed by atoms with Crippen LogP contribution in [0.5, 0.6) is 23.0 Å². The largest absolute Gasteiger partial charge is 0.456 e. The Kier molecular flexibility index (Phi) is 12.5. The third kappa shape index (κ3) is 8.99. The highest BCUT2D eigenvalue weighted by atomic mass is 16.5. The van der Waals surface area contributed by atoms with Crippen molar-refractivity contribution < 1.29 is 9.47 Å². The average molecular weight is 1290 g/mol. The van der Waals surface area contributed by atoms with Gasteiger partial charge in [0.25, 0.3) is 0 Å². The first kappa shape index (κ1) is 57.1. The maximum absolute atomic E-state index is 9.74. The quantitative estimate of drug-likeness (QED) is 0.123. The molecule has 0 unspecified atom stereocenters. The van der Waals surface area contributed by atoms with Gasteiger partial charge >= 0.3 is 0 Å². The van der Waals surface area contributed by atoms with Crippen molar-refractivity contribution in [3.05, 3.63) is 339 Å². The fraction of sp³-hybridized carbons (Fsp3) is 0. The standard InChI is InChI=1S/C49H27NO.C48H26N2O/c50-28-39-18-20-46-49-42(39)9-4-10-43(49)44-27-34(17-19-45(44)51-46)31-7-3-8-32(22-31)40-23-35-13-15-37-25-41(26-38-16-14-36(24-40)47(35)48(37)38)33-12-11-29-5-1-2-6-30(29)21-33;1-49-43-19-21-45-48-39(10-5-11-40(43)48)41-26-29(17-20-44(41)51-45)34-16-18-42(50-27-34)36-24-32-14-12-30-22-35(23-31-13-15-33(25-36)47(32)46(30)31)38-9-4-7-28-6-2-3-8-37(28)38/h1-27H;2-27H. The molecule has 0 saturated carbocycles. The Balaban J connectivity index is 0.000000133. The number of hydrogen-bond acceptors (Lipinski definition) is 4. The van der Waals surface area contributed by atoms with Gasteiger partial charge in [0, 0.05) is 44.6 Å². The number of aromatic nitrogens is 1. The maximum atomic E-state index is 9.74. The molecule has 2 aliphatic heterocycles. The molecule has 0 bridgehead atoms. The van der Waals surface area contributed by atoms with Gasteiger partial charge in [0.05, 0.1) is 23.9 Å². The van der Waals surface area contributed by atoms with E-state index in [-0.39, 0.29) is 0 Å². The van der Waals surface area contributed by atoms with E-state index in [4.69, 9.17) is 21.0 Å². The lowest BCUT2D eigenvalue weighted by Gasteiger charge is -2.22. The predicted octanol–water partition coefficient (Wildman–Crippen LogP) is 27.1. The fourth-order valence-corrected chi connectivity index (χ4v) is 16.6. The molecule has 3 heterocycles. The van der Waals surface area contributed by atoms with Crippen LogP contribution in [0.15, 0.2) is 322 Å². The Morgan fingerprint density at radius 3 is 1.26 bits per heavy atom. The second-order valence-electron chi connectivity index (χ2n) is 27.1. The van der Waals surface area contributed by atoms with Crippen molar-refractivity contribution in [2.24, 2.45) is 0 Å². The van der Waals surface area contributed by atoms with Crippen LogP contribution in [0.4, 0.5) is 5.69 Å². The summed E-state index contributed by atoms with van der Waals surface area (Å²) in [4.78, 5) is 8.72. The molecule has 0 amide bonds. The van der Waals surface area contributed by atoms with Gasteiger partial charge in [0.15, 0.2) is 5.69 Å². The van der Waals surface area contributed by atoms with Crippen LogP contribution in [0, 0.1) is 17.9 Å². The van der Waals surface area contributed by atoms with Gasteiger partial charge in [-0.2, -0.15) is 5.26 Å². The Morgan fingerprint density at radius 2 is 0.676 bits per heavy atom. The minimum Gasteiger partial charge on any atom is -0.456 e. The molecular formula is C97H53N3O2. The summed E-state index contributed by atoms with van der Waals surface area (Å²) >= 11 is 0. The number of ether oxygens (including phenoxy) is 2. The molecule has 0 N–H and O–H groups in total. The van der Waals surface area contributed by atoms with E-state index in [2.05, 4.69) is 272 Å². The van der Waals surface area contributed by atoms with Crippen LogP contribution in [-0.4, -0.2) is 4.98 Å². The third-order valence-corrected chi connectivity index (χ3v) is 21.4. The molecule has 102 heavy (non-hydrogen) atoms. The molecule has 0 aliphatic carbocycles. The van der Waals surface area contributed by atoms with Crippen molar-refractivity contribution in [1.82, 2.24) is 4.98 Å². The summed E-state index contributed by atoms with van der Waals surface area (Å²) in [5.74, 6) is 3.23. The van der Waals surface area contributed by atoms with Gasteiger partial charge in [-0.05, 0) is 262 Å². The highest BCUT2D eigenvalue weighted by Crippen LogP contribution is 2.52. The molecule has 468 valence electrons. The van der Waals surface area contributed by atoms with Gasteiger partial charge in [-0.1, -0.05) is 206 Å². The van der Waals surface area contributed by atoms with Crippen LogP contribution in [-0.2, 0) is 0 Å². The summed E-state index contributed by atoms with van der Waals surface area (Å²) in [5, 5.41) is 33.8. The van der Waals surface area contributed by atoms with Gasteiger partial charge in [-0.15, -0.1) is 0 Å². The number of benzene rings is 19. The molecule has 20 aromatic rings. The highest BCUT2D eigenvalue weighted by Gasteiger charge is 2.25. The molecule has 22 rings (SSSR count). The SMILES string of the molecule is N#Cc1ccc2c3c(cccc13)-c1cc(-c3cccc(-c4cc5ccc6cc(-c7ccc8ccccc8c7)cc7ccc(c4)c5c67)c3)ccc1O2.[C-]#[N+]c1ccc2c3c(cccc13)-c1cc(-c3ccc(-c4cc5ccc6cc(-c7cccc8ccccc78)cc7ccc(c4)c5c67)nc3)ccc1O2. The Bertz CT molecular complexity index is 6960. The monoisotopic (exact) mass is 1290 g/mol. The van der Waals surface area contributed by atoms with E-state index in [1.54, 1.807) is 0 Å². The van der Waals surface area contributed by atoms with Crippen molar-refractivity contribution >= 4 is 113 Å². The van der Waals surface area contributed by atoms with E-state index in [0.29, 0.717) is 11.3 Å². The predicted molar refractivity (Wildman–Crippen MR) is 423 cm³/mol. The summed E-state index contributed by atoms with van der Waals surface area (Å²) in [5.41, 5.74) is 19.3. The summed E-state index contributed by atoms with van der Waals surface area (Å²) in [6.07, 6.45) is 1.96. The lowest BCUT2D eigenvalue weighted by Crippen LogP contribution is -1.98. The van der Waals surface area contributed by atoms with Gasteiger partial charge in [0.2, 0.25) is 0 Å². The molecular weight excluding hydrogens is 1240 g/mol. The third-order valence-electron chi connectivity index (χ3n) is 21.4. The van der Waals surface area contributed by atoms with E-state index >= 15 is 0 Å². The maximum Gasteiger partial charge on any atom is 0.195 e. The molecule has 1 aromatic heterocycles. The second-order valence-corrected chi connectivity index (χ2v) is 27.1. The highest BCUT2D eigenvalue weighted by molar-refractivity contribution is 6.26. The fourth-order valence-electron chi connectivity index (χ4n) is 16.6. The van der Waals surface area contributed by atoms with Crippen LogP contribution in [0.3, 0.4) is 0 Å². The average Bonchev–Trinajstić information content (AvgIpc) is 0.740. The zero-order chi connectivity index (χ0) is 67.3. The van der Waals surface area contributed by atoms with Crippen LogP contribution in [0.2, 0.25) is 0 Å². The van der Waals surface area contributed by atoms with Crippen molar-refractivity contribution in [1.29, 1.82) is 5.26 Å². The minimum atomic E-state index is 0.636. The molecule has 2 aliphatic rings. The summed E-state index contributed by atoms with van der Waals surface area (Å²) in [6.45, 7) is 7.64.